The molecule has 2 aliphatic rings. The van der Waals surface area contributed by atoms with Crippen molar-refractivity contribution in [3.8, 4) is 0 Å². The normalized spacial score (nSPS) is 19.9. The molecule has 0 unspecified atom stereocenters. The summed E-state index contributed by atoms with van der Waals surface area (Å²) in [6, 6.07) is -12.7. The predicted octanol–water partition coefficient (Wildman–Crippen LogP) is -2.44. The number of aliphatic hydroxyl groups is 3. The summed E-state index contributed by atoms with van der Waals surface area (Å²) in [5, 5.41) is 51.4. The summed E-state index contributed by atoms with van der Waals surface area (Å²) in [5.74, 6) is -9.86. The van der Waals surface area contributed by atoms with Gasteiger partial charge in [-0.05, 0) is 75.0 Å². The number of nitrogens with zero attached hydrogens (tertiary/aromatic N) is 2. The average Bonchev–Trinajstić information content (AvgIpc) is 4.06. The lowest BCUT2D eigenvalue weighted by Crippen LogP contribution is -2.62. The van der Waals surface area contributed by atoms with E-state index in [0.717, 1.165) is 0 Å². The molecule has 2 rings (SSSR count). The third kappa shape index (κ3) is 19.3. The molecule has 0 spiro atoms. The SMILES string of the molecule is CC[C@H](C)[C@H](NC(=O)[C@@H]1CCCN1C(=O)[C@H](CC(C)C)NC(C)=O)C(=O)N[C@@H](CO)C(=O)N[C@H](C(=O)N1CCC[C@H]1C(=O)N[C@@H](CC(C)C)C(=O)N[C@@H](CO)C(=O)N[C@H](C(=O)N[C@H](C(N)=O)C(C)C)[C@@H](C)O)[C@@H](C)CC. The Morgan fingerprint density at radius 2 is 0.908 bits per heavy atom. The Kier molecular flexibility index (Phi) is 27.3. The zero-order valence-electron chi connectivity index (χ0n) is 46.5. The molecule has 25 nitrogen and oxygen atoms in total. The van der Waals surface area contributed by atoms with Crippen molar-refractivity contribution >= 4 is 65.0 Å². The highest BCUT2D eigenvalue weighted by Crippen LogP contribution is 2.24. The van der Waals surface area contributed by atoms with Gasteiger partial charge in [0, 0.05) is 20.0 Å². The van der Waals surface area contributed by atoms with E-state index in [-0.39, 0.29) is 37.8 Å². The molecule has 0 saturated carbocycles. The minimum Gasteiger partial charge on any atom is -0.394 e. The number of carbonyl (C=O) groups is 11. The maximum Gasteiger partial charge on any atom is 0.246 e. The summed E-state index contributed by atoms with van der Waals surface area (Å²) in [6.45, 7) is 18.6. The van der Waals surface area contributed by atoms with Crippen LogP contribution in [0.1, 0.15) is 134 Å². The maximum absolute atomic E-state index is 14.5. The van der Waals surface area contributed by atoms with Crippen molar-refractivity contribution in [3.05, 3.63) is 0 Å². The Balaban J connectivity index is 2.27. The standard InChI is InChI=1S/C51H89N11O14/c1-13-28(9)39(58-47(72)37-18-15-19-61(37)50(75)33(22-26(5)6)53-31(12)66)48(73)56-35(24-64)44(69)59-40(29(10)14-2)51(76)62-20-16-17-36(62)46(71)54-32(21-25(3)4)43(68)55-34(23-63)45(70)60-41(30(11)65)49(74)57-38(27(7)8)42(52)67/h25-30,32-41,63-65H,13-24H2,1-12H3,(H2,52,67)(H,53,66)(H,54,71)(H,55,68)(H,56,73)(H,57,74)(H,58,72)(H,59,69)(H,60,70)/t28-,29-,30+,32-,33-,34-,35-,36-,37-,38-,39-,40-,41-/m0/s1. The third-order valence-electron chi connectivity index (χ3n) is 13.9. The first kappa shape index (κ1) is 66.2. The first-order valence-electron chi connectivity index (χ1n) is 26.7. The summed E-state index contributed by atoms with van der Waals surface area (Å²) in [6.07, 6.45) is 1.03. The summed E-state index contributed by atoms with van der Waals surface area (Å²) < 4.78 is 0. The first-order chi connectivity index (χ1) is 35.5. The second-order valence-electron chi connectivity index (χ2n) is 21.5. The number of amides is 11. The molecule has 25 heteroatoms. The molecule has 0 aromatic rings. The molecule has 11 amide bonds. The highest BCUT2D eigenvalue weighted by molar-refractivity contribution is 5.99. The average molecular weight is 1080 g/mol. The van der Waals surface area contributed by atoms with E-state index in [9.17, 15) is 68.1 Å². The van der Waals surface area contributed by atoms with E-state index >= 15 is 0 Å². The van der Waals surface area contributed by atoms with Gasteiger partial charge in [0.2, 0.25) is 65.0 Å². The Hall–Kier alpha value is -5.95. The molecule has 432 valence electrons. The van der Waals surface area contributed by atoms with Gasteiger partial charge < -0.3 is 73.4 Å². The van der Waals surface area contributed by atoms with Gasteiger partial charge in [-0.25, -0.2) is 0 Å². The second-order valence-corrected chi connectivity index (χ2v) is 21.5. The topological polar surface area (TPSA) is 377 Å². The first-order valence-corrected chi connectivity index (χ1v) is 26.7. The molecule has 0 aromatic carbocycles. The molecule has 13 N–H and O–H groups in total. The number of nitrogens with two attached hydrogens (primary N) is 1. The van der Waals surface area contributed by atoms with Crippen LogP contribution in [0.15, 0.2) is 0 Å². The van der Waals surface area contributed by atoms with Gasteiger partial charge in [-0.3, -0.25) is 52.7 Å². The fourth-order valence-electron chi connectivity index (χ4n) is 9.17. The van der Waals surface area contributed by atoms with E-state index in [1.54, 1.807) is 55.4 Å². The van der Waals surface area contributed by atoms with Gasteiger partial charge in [-0.15, -0.1) is 0 Å². The smallest absolute Gasteiger partial charge is 0.246 e. The van der Waals surface area contributed by atoms with Crippen molar-refractivity contribution in [1.82, 2.24) is 52.3 Å². The fourth-order valence-corrected chi connectivity index (χ4v) is 9.17. The molecule has 0 aliphatic carbocycles. The predicted molar refractivity (Wildman–Crippen MR) is 278 cm³/mol. The van der Waals surface area contributed by atoms with Gasteiger partial charge in [0.05, 0.1) is 19.3 Å². The van der Waals surface area contributed by atoms with Gasteiger partial charge in [-0.2, -0.15) is 0 Å². The largest absolute Gasteiger partial charge is 0.394 e. The number of nitrogens with one attached hydrogen (secondary N) is 8. The van der Waals surface area contributed by atoms with Crippen molar-refractivity contribution in [2.45, 2.75) is 201 Å². The molecule has 13 atom stereocenters. The highest BCUT2D eigenvalue weighted by Gasteiger charge is 2.43. The van der Waals surface area contributed by atoms with Crippen LogP contribution in [0.25, 0.3) is 0 Å². The number of hydrogen-bond acceptors (Lipinski definition) is 14. The minimum absolute atomic E-state index is 0.0410. The number of likely N-dealkylation sites (tertiary alicyclic amines) is 2. The Morgan fingerprint density at radius 1 is 0.500 bits per heavy atom. The number of hydrogen-bond donors (Lipinski definition) is 12. The van der Waals surface area contributed by atoms with Crippen molar-refractivity contribution in [1.29, 1.82) is 0 Å². The lowest BCUT2D eigenvalue weighted by Gasteiger charge is -2.33. The minimum atomic E-state index is -1.67. The maximum atomic E-state index is 14.5. The van der Waals surface area contributed by atoms with Crippen LogP contribution < -0.4 is 48.3 Å². The number of rotatable bonds is 30. The van der Waals surface area contributed by atoms with Gasteiger partial charge in [0.15, 0.2) is 0 Å². The highest BCUT2D eigenvalue weighted by atomic mass is 16.3. The molecule has 0 aromatic heterocycles. The van der Waals surface area contributed by atoms with Gasteiger partial charge in [0.25, 0.3) is 0 Å². The zero-order valence-corrected chi connectivity index (χ0v) is 46.5. The molecule has 2 heterocycles. The Bertz CT molecular complexity index is 2040. The summed E-state index contributed by atoms with van der Waals surface area (Å²) in [5.41, 5.74) is 5.40. The van der Waals surface area contributed by atoms with Crippen molar-refractivity contribution in [2.75, 3.05) is 26.3 Å². The Morgan fingerprint density at radius 3 is 1.34 bits per heavy atom. The molecular formula is C51H89N11O14. The molecule has 2 fully saturated rings. The van der Waals surface area contributed by atoms with Crippen LogP contribution in [0.3, 0.4) is 0 Å². The number of aliphatic hydroxyl groups excluding tert-OH is 3. The van der Waals surface area contributed by atoms with Crippen molar-refractivity contribution in [3.63, 3.8) is 0 Å². The van der Waals surface area contributed by atoms with E-state index in [4.69, 9.17) is 5.73 Å². The third-order valence-corrected chi connectivity index (χ3v) is 13.9. The van der Waals surface area contributed by atoms with Crippen LogP contribution in [0.5, 0.6) is 0 Å². The van der Waals surface area contributed by atoms with E-state index < -0.39 is 162 Å². The van der Waals surface area contributed by atoms with Crippen LogP contribution in [0.4, 0.5) is 0 Å². The van der Waals surface area contributed by atoms with Crippen LogP contribution in [-0.2, 0) is 52.7 Å². The molecule has 0 bridgehead atoms. The van der Waals surface area contributed by atoms with E-state index in [1.807, 2.05) is 13.8 Å². The van der Waals surface area contributed by atoms with E-state index in [0.29, 0.717) is 38.5 Å². The van der Waals surface area contributed by atoms with Crippen LogP contribution in [-0.4, -0.2) is 183 Å². The summed E-state index contributed by atoms with van der Waals surface area (Å²) >= 11 is 0. The number of carbonyl (C=O) groups excluding carboxylic acids is 11. The Labute approximate surface area is 446 Å². The van der Waals surface area contributed by atoms with E-state index in [2.05, 4.69) is 42.5 Å². The quantitative estimate of drug-likeness (QED) is 0.0356. The van der Waals surface area contributed by atoms with Crippen LogP contribution >= 0.6 is 0 Å². The van der Waals surface area contributed by atoms with Crippen molar-refractivity contribution < 1.29 is 68.1 Å². The van der Waals surface area contributed by atoms with Crippen LogP contribution in [0, 0.1) is 29.6 Å². The summed E-state index contributed by atoms with van der Waals surface area (Å²) in [4.78, 5) is 151. The molecule has 2 saturated heterocycles. The molecule has 76 heavy (non-hydrogen) atoms. The molecule has 2 aliphatic heterocycles. The van der Waals surface area contributed by atoms with Gasteiger partial charge in [-0.1, -0.05) is 82.1 Å². The zero-order chi connectivity index (χ0) is 57.9. The second kappa shape index (κ2) is 31.3. The van der Waals surface area contributed by atoms with Gasteiger partial charge in [0.1, 0.15) is 60.4 Å². The van der Waals surface area contributed by atoms with E-state index in [1.165, 1.54) is 23.6 Å². The lowest BCUT2D eigenvalue weighted by atomic mass is 9.96. The monoisotopic (exact) mass is 1080 g/mol. The number of primary amides is 1. The molecule has 0 radical (unpaired) electrons. The summed E-state index contributed by atoms with van der Waals surface area (Å²) in [7, 11) is 0. The fraction of sp³-hybridized carbons (Fsp3) is 0.784. The molecular weight excluding hydrogens is 991 g/mol. The van der Waals surface area contributed by atoms with Crippen molar-refractivity contribution in [2.24, 2.45) is 35.3 Å². The van der Waals surface area contributed by atoms with Crippen LogP contribution in [0.2, 0.25) is 0 Å². The van der Waals surface area contributed by atoms with Gasteiger partial charge >= 0.3 is 0 Å². The lowest BCUT2D eigenvalue weighted by molar-refractivity contribution is -0.144.